The van der Waals surface area contributed by atoms with E-state index in [1.54, 1.807) is 24.3 Å². The Morgan fingerprint density at radius 2 is 1.67 bits per heavy atom. The summed E-state index contributed by atoms with van der Waals surface area (Å²) in [5, 5.41) is 0. The summed E-state index contributed by atoms with van der Waals surface area (Å²) in [6.07, 6.45) is 1.73. The highest BCUT2D eigenvalue weighted by Crippen LogP contribution is 2.27. The van der Waals surface area contributed by atoms with Gasteiger partial charge in [0.1, 0.15) is 0 Å². The van der Waals surface area contributed by atoms with Crippen LogP contribution in [0.4, 0.5) is 0 Å². The van der Waals surface area contributed by atoms with E-state index in [1.165, 1.54) is 31.4 Å². The fourth-order valence-electron chi connectivity index (χ4n) is 2.12. The fraction of sp³-hybridized carbons (Fsp3) is 0.235. The summed E-state index contributed by atoms with van der Waals surface area (Å²) >= 11 is 0. The van der Waals surface area contributed by atoms with Crippen LogP contribution in [0.2, 0.25) is 0 Å². The number of rotatable bonds is 6. The molecule has 0 aromatic heterocycles. The summed E-state index contributed by atoms with van der Waals surface area (Å²) in [5.74, 6) is 0.161. The van der Waals surface area contributed by atoms with E-state index in [2.05, 4.69) is 4.72 Å². The molecule has 0 radical (unpaired) electrons. The van der Waals surface area contributed by atoms with Crippen molar-refractivity contribution >= 4 is 16.0 Å². The number of ether oxygens (including phenoxy) is 2. The Morgan fingerprint density at radius 3 is 2.25 bits per heavy atom. The molecule has 1 saturated carbocycles. The third-order valence-corrected chi connectivity index (χ3v) is 5.11. The van der Waals surface area contributed by atoms with E-state index in [0.29, 0.717) is 11.5 Å². The zero-order valence-electron chi connectivity index (χ0n) is 13.1. The second-order valence-corrected chi connectivity index (χ2v) is 7.17. The lowest BCUT2D eigenvalue weighted by atomic mass is 10.2. The van der Waals surface area contributed by atoms with Crippen molar-refractivity contribution < 1.29 is 22.7 Å². The van der Waals surface area contributed by atoms with E-state index in [-0.39, 0.29) is 16.5 Å². The minimum atomic E-state index is -3.53. The van der Waals surface area contributed by atoms with E-state index in [1.807, 2.05) is 0 Å². The smallest absolute Gasteiger partial charge is 0.343 e. The predicted molar refractivity (Wildman–Crippen MR) is 87.7 cm³/mol. The SMILES string of the molecule is COc1ccccc1OC(=O)c1ccc(S(=O)(=O)NC2CC2)cc1. The van der Waals surface area contributed by atoms with Crippen molar-refractivity contribution in [1.82, 2.24) is 4.72 Å². The summed E-state index contributed by atoms with van der Waals surface area (Å²) in [7, 11) is -2.05. The molecule has 0 atom stereocenters. The monoisotopic (exact) mass is 347 g/mol. The zero-order valence-corrected chi connectivity index (χ0v) is 13.9. The van der Waals surface area contributed by atoms with Gasteiger partial charge in [-0.1, -0.05) is 12.1 Å². The number of sulfonamides is 1. The van der Waals surface area contributed by atoms with Gasteiger partial charge in [-0.3, -0.25) is 0 Å². The summed E-state index contributed by atoms with van der Waals surface area (Å²) in [6.45, 7) is 0. The maximum atomic E-state index is 12.2. The Kier molecular flexibility index (Phi) is 4.55. The summed E-state index contributed by atoms with van der Waals surface area (Å²) in [5.41, 5.74) is 0.256. The molecule has 126 valence electrons. The minimum Gasteiger partial charge on any atom is -0.493 e. The zero-order chi connectivity index (χ0) is 17.2. The van der Waals surface area contributed by atoms with E-state index >= 15 is 0 Å². The number of methoxy groups -OCH3 is 1. The lowest BCUT2D eigenvalue weighted by Gasteiger charge is -2.09. The van der Waals surface area contributed by atoms with Gasteiger partial charge in [-0.05, 0) is 49.2 Å². The average molecular weight is 347 g/mol. The Hall–Kier alpha value is -2.38. The van der Waals surface area contributed by atoms with E-state index < -0.39 is 16.0 Å². The highest BCUT2D eigenvalue weighted by molar-refractivity contribution is 7.89. The molecule has 1 N–H and O–H groups in total. The van der Waals surface area contributed by atoms with Crippen molar-refractivity contribution in [3.05, 3.63) is 54.1 Å². The van der Waals surface area contributed by atoms with Gasteiger partial charge in [-0.25, -0.2) is 17.9 Å². The van der Waals surface area contributed by atoms with Crippen LogP contribution in [0.3, 0.4) is 0 Å². The van der Waals surface area contributed by atoms with Gasteiger partial charge < -0.3 is 9.47 Å². The van der Waals surface area contributed by atoms with Gasteiger partial charge >= 0.3 is 5.97 Å². The Bertz CT molecular complexity index is 842. The fourth-order valence-corrected chi connectivity index (χ4v) is 3.43. The molecule has 7 heteroatoms. The average Bonchev–Trinajstić information content (AvgIpc) is 3.38. The topological polar surface area (TPSA) is 81.7 Å². The highest BCUT2D eigenvalue weighted by atomic mass is 32.2. The van der Waals surface area contributed by atoms with Gasteiger partial charge in [-0.15, -0.1) is 0 Å². The molecule has 3 rings (SSSR count). The Balaban J connectivity index is 1.74. The molecule has 6 nitrogen and oxygen atoms in total. The first-order valence-electron chi connectivity index (χ1n) is 7.47. The minimum absolute atomic E-state index is 0.0326. The molecule has 2 aromatic carbocycles. The van der Waals surface area contributed by atoms with E-state index in [4.69, 9.17) is 9.47 Å². The number of hydrogen-bond donors (Lipinski definition) is 1. The van der Waals surface area contributed by atoms with Crippen molar-refractivity contribution in [3.63, 3.8) is 0 Å². The Morgan fingerprint density at radius 1 is 1.04 bits per heavy atom. The van der Waals surface area contributed by atoms with Crippen molar-refractivity contribution in [2.45, 2.75) is 23.8 Å². The molecule has 0 aliphatic heterocycles. The number of nitrogens with one attached hydrogen (secondary N) is 1. The van der Waals surface area contributed by atoms with Crippen LogP contribution in [0.15, 0.2) is 53.4 Å². The number of esters is 1. The predicted octanol–water partition coefficient (Wildman–Crippen LogP) is 2.36. The summed E-state index contributed by atoms with van der Waals surface area (Å²) in [4.78, 5) is 12.3. The Labute approximate surface area is 140 Å². The molecular formula is C17H17NO5S. The van der Waals surface area contributed by atoms with Gasteiger partial charge in [0.05, 0.1) is 17.6 Å². The molecule has 0 unspecified atom stereocenters. The summed E-state index contributed by atoms with van der Waals surface area (Å²) in [6, 6.07) is 12.5. The van der Waals surface area contributed by atoms with Crippen LogP contribution in [0, 0.1) is 0 Å². The van der Waals surface area contributed by atoms with Gasteiger partial charge in [0, 0.05) is 6.04 Å². The van der Waals surface area contributed by atoms with E-state index in [0.717, 1.165) is 12.8 Å². The lowest BCUT2D eigenvalue weighted by Crippen LogP contribution is -2.25. The number of para-hydroxylation sites is 2. The summed E-state index contributed by atoms with van der Waals surface area (Å²) < 4.78 is 37.2. The third kappa shape index (κ3) is 3.74. The van der Waals surface area contributed by atoms with Gasteiger partial charge in [0.15, 0.2) is 11.5 Å². The standard InChI is InChI=1S/C17H17NO5S/c1-22-15-4-2-3-5-16(15)23-17(19)12-6-10-14(11-7-12)24(20,21)18-13-8-9-13/h2-7,10-11,13,18H,8-9H2,1H3. The second kappa shape index (κ2) is 6.62. The number of hydrogen-bond acceptors (Lipinski definition) is 5. The largest absolute Gasteiger partial charge is 0.493 e. The molecule has 0 heterocycles. The van der Waals surface area contributed by atoms with Crippen LogP contribution in [0.25, 0.3) is 0 Å². The van der Waals surface area contributed by atoms with Crippen LogP contribution in [0.1, 0.15) is 23.2 Å². The normalized spacial score (nSPS) is 14.2. The lowest BCUT2D eigenvalue weighted by molar-refractivity contribution is 0.0729. The molecule has 0 amide bonds. The van der Waals surface area contributed by atoms with Crippen molar-refractivity contribution in [2.24, 2.45) is 0 Å². The molecule has 0 spiro atoms. The van der Waals surface area contributed by atoms with Crippen molar-refractivity contribution in [3.8, 4) is 11.5 Å². The molecule has 1 aliphatic carbocycles. The van der Waals surface area contributed by atoms with Crippen molar-refractivity contribution in [1.29, 1.82) is 0 Å². The third-order valence-electron chi connectivity index (χ3n) is 3.57. The quantitative estimate of drug-likeness (QED) is 0.641. The van der Waals surface area contributed by atoms with Crippen LogP contribution in [-0.2, 0) is 10.0 Å². The number of carbonyl (C=O) groups excluding carboxylic acids is 1. The molecule has 2 aromatic rings. The van der Waals surface area contributed by atoms with Gasteiger partial charge in [-0.2, -0.15) is 0 Å². The molecule has 0 saturated heterocycles. The van der Waals surface area contributed by atoms with Gasteiger partial charge in [0.2, 0.25) is 10.0 Å². The van der Waals surface area contributed by atoms with Crippen LogP contribution >= 0.6 is 0 Å². The van der Waals surface area contributed by atoms with Gasteiger partial charge in [0.25, 0.3) is 0 Å². The van der Waals surface area contributed by atoms with Crippen molar-refractivity contribution in [2.75, 3.05) is 7.11 Å². The first-order valence-corrected chi connectivity index (χ1v) is 8.95. The molecular weight excluding hydrogens is 330 g/mol. The molecule has 0 bridgehead atoms. The second-order valence-electron chi connectivity index (χ2n) is 5.46. The first kappa shape index (κ1) is 16.5. The van der Waals surface area contributed by atoms with E-state index in [9.17, 15) is 13.2 Å². The first-order chi connectivity index (χ1) is 11.5. The maximum Gasteiger partial charge on any atom is 0.343 e. The number of carbonyl (C=O) groups is 1. The van der Waals surface area contributed by atoms with Crippen LogP contribution in [0.5, 0.6) is 11.5 Å². The number of benzene rings is 2. The molecule has 24 heavy (non-hydrogen) atoms. The van der Waals surface area contributed by atoms with Crippen LogP contribution < -0.4 is 14.2 Å². The molecule has 1 fully saturated rings. The maximum absolute atomic E-state index is 12.2. The van der Waals surface area contributed by atoms with Crippen LogP contribution in [-0.4, -0.2) is 27.5 Å². The molecule has 1 aliphatic rings. The highest BCUT2D eigenvalue weighted by Gasteiger charge is 2.28.